The van der Waals surface area contributed by atoms with E-state index in [9.17, 15) is 13.2 Å². The van der Waals surface area contributed by atoms with E-state index in [-0.39, 0.29) is 23.4 Å². The summed E-state index contributed by atoms with van der Waals surface area (Å²) >= 11 is 11.9. The molecule has 0 unspecified atom stereocenters. The van der Waals surface area contributed by atoms with Gasteiger partial charge in [0.25, 0.3) is 5.91 Å². The molecule has 2 N–H and O–H groups in total. The number of carbonyl (C=O) groups excluding carboxylic acids is 1. The SMILES string of the molecule is O=C(NCc1ccc(Cl)cc1Cl)c1ccc(S(=O)(=O)NC2CC2)cc1. The molecule has 0 aliphatic heterocycles. The molecule has 5 nitrogen and oxygen atoms in total. The summed E-state index contributed by atoms with van der Waals surface area (Å²) in [6, 6.07) is 10.9. The summed E-state index contributed by atoms with van der Waals surface area (Å²) < 4.78 is 26.8. The van der Waals surface area contributed by atoms with E-state index in [1.54, 1.807) is 18.2 Å². The Morgan fingerprint density at radius 2 is 1.76 bits per heavy atom. The van der Waals surface area contributed by atoms with Gasteiger partial charge < -0.3 is 5.32 Å². The Labute approximate surface area is 156 Å². The van der Waals surface area contributed by atoms with Crippen molar-refractivity contribution in [2.45, 2.75) is 30.3 Å². The number of hydrogen-bond acceptors (Lipinski definition) is 3. The van der Waals surface area contributed by atoms with Gasteiger partial charge in [0.2, 0.25) is 10.0 Å². The highest BCUT2D eigenvalue weighted by atomic mass is 35.5. The predicted molar refractivity (Wildman–Crippen MR) is 97.4 cm³/mol. The highest BCUT2D eigenvalue weighted by Crippen LogP contribution is 2.23. The van der Waals surface area contributed by atoms with Crippen LogP contribution in [-0.4, -0.2) is 20.4 Å². The van der Waals surface area contributed by atoms with E-state index in [4.69, 9.17) is 23.2 Å². The molecule has 2 aromatic rings. The molecule has 0 aromatic heterocycles. The lowest BCUT2D eigenvalue weighted by molar-refractivity contribution is 0.0951. The standard InChI is InChI=1S/C17H16Cl2N2O3S/c18-13-4-1-12(16(19)9-13)10-20-17(22)11-2-7-15(8-3-11)25(23,24)21-14-5-6-14/h1-4,7-9,14,21H,5-6,10H2,(H,20,22). The van der Waals surface area contributed by atoms with E-state index >= 15 is 0 Å². The molecular weight excluding hydrogens is 383 g/mol. The molecule has 3 rings (SSSR count). The molecule has 0 atom stereocenters. The number of hydrogen-bond donors (Lipinski definition) is 2. The number of carbonyl (C=O) groups is 1. The van der Waals surface area contributed by atoms with Crippen molar-refractivity contribution in [1.82, 2.24) is 10.0 Å². The third kappa shape index (κ3) is 4.73. The molecule has 132 valence electrons. The second kappa shape index (κ2) is 7.33. The van der Waals surface area contributed by atoms with Crippen LogP contribution < -0.4 is 10.0 Å². The maximum Gasteiger partial charge on any atom is 0.251 e. The van der Waals surface area contributed by atoms with Gasteiger partial charge in [-0.25, -0.2) is 13.1 Å². The van der Waals surface area contributed by atoms with Gasteiger partial charge in [0.05, 0.1) is 4.90 Å². The molecule has 0 bridgehead atoms. The van der Waals surface area contributed by atoms with Crippen LogP contribution >= 0.6 is 23.2 Å². The fraction of sp³-hybridized carbons (Fsp3) is 0.235. The van der Waals surface area contributed by atoms with E-state index in [0.717, 1.165) is 18.4 Å². The molecule has 1 aliphatic rings. The molecule has 25 heavy (non-hydrogen) atoms. The second-order valence-electron chi connectivity index (χ2n) is 5.84. The molecule has 8 heteroatoms. The van der Waals surface area contributed by atoms with Crippen molar-refractivity contribution >= 4 is 39.1 Å². The van der Waals surface area contributed by atoms with Crippen LogP contribution in [0.25, 0.3) is 0 Å². The summed E-state index contributed by atoms with van der Waals surface area (Å²) in [4.78, 5) is 12.3. The van der Waals surface area contributed by atoms with Crippen LogP contribution in [0.3, 0.4) is 0 Å². The first-order valence-corrected chi connectivity index (χ1v) is 9.93. The zero-order chi connectivity index (χ0) is 18.0. The number of amides is 1. The zero-order valence-electron chi connectivity index (χ0n) is 13.1. The summed E-state index contributed by atoms with van der Waals surface area (Å²) in [5, 5.41) is 3.74. The largest absolute Gasteiger partial charge is 0.348 e. The number of nitrogens with one attached hydrogen (secondary N) is 2. The second-order valence-corrected chi connectivity index (χ2v) is 8.40. The summed E-state index contributed by atoms with van der Waals surface area (Å²) in [6.45, 7) is 0.248. The van der Waals surface area contributed by atoms with Crippen molar-refractivity contribution in [1.29, 1.82) is 0 Å². The Morgan fingerprint density at radius 3 is 2.36 bits per heavy atom. The predicted octanol–water partition coefficient (Wildman–Crippen LogP) is 3.36. The lowest BCUT2D eigenvalue weighted by Gasteiger charge is -2.09. The minimum absolute atomic E-state index is 0.0390. The zero-order valence-corrected chi connectivity index (χ0v) is 15.5. The van der Waals surface area contributed by atoms with Crippen molar-refractivity contribution in [3.63, 3.8) is 0 Å². The minimum atomic E-state index is -3.52. The Hall–Kier alpha value is -1.60. The van der Waals surface area contributed by atoms with Gasteiger partial charge in [0.1, 0.15) is 0 Å². The fourth-order valence-electron chi connectivity index (χ4n) is 2.22. The minimum Gasteiger partial charge on any atom is -0.348 e. The van der Waals surface area contributed by atoms with Crippen molar-refractivity contribution in [2.24, 2.45) is 0 Å². The van der Waals surface area contributed by atoms with Gasteiger partial charge in [0, 0.05) is 28.2 Å². The van der Waals surface area contributed by atoms with Gasteiger partial charge >= 0.3 is 0 Å². The van der Waals surface area contributed by atoms with Gasteiger partial charge in [-0.15, -0.1) is 0 Å². The Morgan fingerprint density at radius 1 is 1.08 bits per heavy atom. The van der Waals surface area contributed by atoms with E-state index in [2.05, 4.69) is 10.0 Å². The van der Waals surface area contributed by atoms with E-state index in [0.29, 0.717) is 15.6 Å². The molecule has 1 aliphatic carbocycles. The summed E-state index contributed by atoms with van der Waals surface area (Å²) in [5.74, 6) is -0.315. The first kappa shape index (κ1) is 18.2. The molecule has 0 saturated heterocycles. The third-order valence-corrected chi connectivity index (χ3v) is 5.90. The lowest BCUT2D eigenvalue weighted by atomic mass is 10.2. The molecule has 0 spiro atoms. The van der Waals surface area contributed by atoms with Crippen LogP contribution in [0.2, 0.25) is 10.0 Å². The van der Waals surface area contributed by atoms with E-state index in [1.165, 1.54) is 24.3 Å². The van der Waals surface area contributed by atoms with Crippen molar-refractivity contribution in [3.05, 3.63) is 63.6 Å². The van der Waals surface area contributed by atoms with Crippen molar-refractivity contribution in [3.8, 4) is 0 Å². The van der Waals surface area contributed by atoms with E-state index in [1.807, 2.05) is 0 Å². The van der Waals surface area contributed by atoms with Crippen LogP contribution in [0.1, 0.15) is 28.8 Å². The van der Waals surface area contributed by atoms with Gasteiger partial charge in [0.15, 0.2) is 0 Å². The van der Waals surface area contributed by atoms with Crippen LogP contribution in [-0.2, 0) is 16.6 Å². The number of sulfonamides is 1. The maximum absolute atomic E-state index is 12.2. The molecule has 1 amide bonds. The number of halogens is 2. The first-order valence-electron chi connectivity index (χ1n) is 7.70. The average molecular weight is 399 g/mol. The Bertz CT molecular complexity index is 895. The first-order chi connectivity index (χ1) is 11.8. The van der Waals surface area contributed by atoms with Crippen LogP contribution in [0.15, 0.2) is 47.4 Å². The highest BCUT2D eigenvalue weighted by Gasteiger charge is 2.27. The summed E-state index contributed by atoms with van der Waals surface area (Å²) in [6.07, 6.45) is 1.74. The maximum atomic E-state index is 12.2. The lowest BCUT2D eigenvalue weighted by Crippen LogP contribution is -2.26. The molecular formula is C17H16Cl2N2O3S. The molecule has 0 heterocycles. The highest BCUT2D eigenvalue weighted by molar-refractivity contribution is 7.89. The monoisotopic (exact) mass is 398 g/mol. The molecule has 2 aromatic carbocycles. The smallest absolute Gasteiger partial charge is 0.251 e. The number of benzene rings is 2. The fourth-order valence-corrected chi connectivity index (χ4v) is 4.00. The average Bonchev–Trinajstić information content (AvgIpc) is 3.37. The van der Waals surface area contributed by atoms with Gasteiger partial charge in [-0.3, -0.25) is 4.79 Å². The summed E-state index contributed by atoms with van der Waals surface area (Å²) in [5.41, 5.74) is 1.11. The molecule has 1 fully saturated rings. The van der Waals surface area contributed by atoms with Crippen LogP contribution in [0.4, 0.5) is 0 Å². The topological polar surface area (TPSA) is 75.3 Å². The van der Waals surface area contributed by atoms with E-state index < -0.39 is 10.0 Å². The van der Waals surface area contributed by atoms with Crippen molar-refractivity contribution < 1.29 is 13.2 Å². The van der Waals surface area contributed by atoms with Crippen LogP contribution in [0.5, 0.6) is 0 Å². The number of rotatable bonds is 6. The van der Waals surface area contributed by atoms with Crippen molar-refractivity contribution in [2.75, 3.05) is 0 Å². The van der Waals surface area contributed by atoms with Gasteiger partial charge in [-0.05, 0) is 54.8 Å². The molecule has 1 saturated carbocycles. The Balaban J connectivity index is 1.64. The van der Waals surface area contributed by atoms with Crippen LogP contribution in [0, 0.1) is 0 Å². The summed E-state index contributed by atoms with van der Waals surface area (Å²) in [7, 11) is -3.52. The molecule has 0 radical (unpaired) electrons. The van der Waals surface area contributed by atoms with Gasteiger partial charge in [-0.2, -0.15) is 0 Å². The quantitative estimate of drug-likeness (QED) is 0.782. The van der Waals surface area contributed by atoms with Gasteiger partial charge in [-0.1, -0.05) is 29.3 Å². The third-order valence-electron chi connectivity index (χ3n) is 3.78. The Kier molecular flexibility index (Phi) is 5.34. The normalized spacial score (nSPS) is 14.3.